The first-order chi connectivity index (χ1) is 10.7. The Labute approximate surface area is 128 Å². The van der Waals surface area contributed by atoms with Crippen molar-refractivity contribution in [1.29, 1.82) is 0 Å². The van der Waals surface area contributed by atoms with Gasteiger partial charge >= 0.3 is 0 Å². The van der Waals surface area contributed by atoms with Crippen molar-refractivity contribution < 1.29 is 13.9 Å². The summed E-state index contributed by atoms with van der Waals surface area (Å²) in [5.41, 5.74) is 1.13. The highest BCUT2D eigenvalue weighted by Gasteiger charge is 2.17. The Bertz CT molecular complexity index is 633. The monoisotopic (exact) mass is 303 g/mol. The molecule has 0 aliphatic carbocycles. The maximum absolute atomic E-state index is 13.0. The van der Waals surface area contributed by atoms with Gasteiger partial charge in [0.1, 0.15) is 11.5 Å². The normalized spacial score (nSPS) is 18.1. The van der Waals surface area contributed by atoms with E-state index in [2.05, 4.69) is 10.3 Å². The van der Waals surface area contributed by atoms with Crippen LogP contribution in [0.4, 0.5) is 4.39 Å². The number of carbonyl (C=O) groups excluding carboxylic acids is 1. The number of hydrogen-bond acceptors (Lipinski definition) is 3. The van der Waals surface area contributed by atoms with Crippen molar-refractivity contribution in [2.24, 2.45) is 5.92 Å². The van der Waals surface area contributed by atoms with Crippen molar-refractivity contribution in [2.45, 2.75) is 12.8 Å². The van der Waals surface area contributed by atoms with Gasteiger partial charge in [-0.1, -0.05) is 0 Å². The fourth-order valence-electron chi connectivity index (χ4n) is 2.57. The molecule has 5 nitrogen and oxygen atoms in total. The first-order valence-corrected chi connectivity index (χ1v) is 7.38. The summed E-state index contributed by atoms with van der Waals surface area (Å²) in [6, 6.07) is 5.94. The van der Waals surface area contributed by atoms with Crippen molar-refractivity contribution in [3.63, 3.8) is 0 Å². The molecule has 1 fully saturated rings. The second-order valence-electron chi connectivity index (χ2n) is 5.42. The van der Waals surface area contributed by atoms with Crippen molar-refractivity contribution in [3.8, 4) is 5.69 Å². The van der Waals surface area contributed by atoms with E-state index in [0.29, 0.717) is 30.5 Å². The number of rotatable bonds is 4. The quantitative estimate of drug-likeness (QED) is 0.942. The third kappa shape index (κ3) is 3.33. The summed E-state index contributed by atoms with van der Waals surface area (Å²) in [7, 11) is 0. The van der Waals surface area contributed by atoms with Crippen LogP contribution in [0.1, 0.15) is 23.3 Å². The summed E-state index contributed by atoms with van der Waals surface area (Å²) < 4.78 is 20.0. The molecule has 6 heteroatoms. The number of imidazole rings is 1. The molecule has 1 saturated heterocycles. The number of nitrogens with one attached hydrogen (secondary N) is 1. The number of amides is 1. The van der Waals surface area contributed by atoms with E-state index < -0.39 is 0 Å². The topological polar surface area (TPSA) is 56.1 Å². The average molecular weight is 303 g/mol. The molecule has 116 valence electrons. The molecule has 1 amide bonds. The molecule has 1 aromatic heterocycles. The SMILES string of the molecule is O=C(NCC1CCCOC1)c1cncn1-c1ccc(F)cc1. The zero-order chi connectivity index (χ0) is 15.4. The first kappa shape index (κ1) is 14.7. The number of carbonyl (C=O) groups is 1. The number of aromatic nitrogens is 2. The highest BCUT2D eigenvalue weighted by atomic mass is 19.1. The summed E-state index contributed by atoms with van der Waals surface area (Å²) in [5, 5.41) is 2.92. The Balaban J connectivity index is 1.68. The van der Waals surface area contributed by atoms with Crippen LogP contribution in [0.3, 0.4) is 0 Å². The zero-order valence-electron chi connectivity index (χ0n) is 12.2. The van der Waals surface area contributed by atoms with Gasteiger partial charge in [-0.05, 0) is 43.0 Å². The Morgan fingerprint density at radius 3 is 2.95 bits per heavy atom. The molecular weight excluding hydrogens is 285 g/mol. The lowest BCUT2D eigenvalue weighted by Gasteiger charge is -2.22. The molecule has 1 N–H and O–H groups in total. The van der Waals surface area contributed by atoms with E-state index >= 15 is 0 Å². The average Bonchev–Trinajstić information content (AvgIpc) is 3.04. The van der Waals surface area contributed by atoms with E-state index in [0.717, 1.165) is 19.4 Å². The van der Waals surface area contributed by atoms with E-state index in [4.69, 9.17) is 4.74 Å². The molecule has 1 aliphatic heterocycles. The number of benzene rings is 1. The van der Waals surface area contributed by atoms with Crippen molar-refractivity contribution >= 4 is 5.91 Å². The standard InChI is InChI=1S/C16H18FN3O2/c17-13-3-5-14(6-4-13)20-11-18-9-15(20)16(21)19-8-12-2-1-7-22-10-12/h3-6,9,11-12H,1-2,7-8,10H2,(H,19,21). The second-order valence-corrected chi connectivity index (χ2v) is 5.42. The summed E-state index contributed by atoms with van der Waals surface area (Å²) in [4.78, 5) is 16.3. The largest absolute Gasteiger partial charge is 0.381 e. The Morgan fingerprint density at radius 2 is 2.23 bits per heavy atom. The van der Waals surface area contributed by atoms with E-state index in [1.807, 2.05) is 0 Å². The Kier molecular flexibility index (Phi) is 4.48. The van der Waals surface area contributed by atoms with Crippen LogP contribution in [-0.4, -0.2) is 35.2 Å². The maximum atomic E-state index is 13.0. The van der Waals surface area contributed by atoms with Crippen LogP contribution < -0.4 is 5.32 Å². The van der Waals surface area contributed by atoms with Gasteiger partial charge in [-0.3, -0.25) is 9.36 Å². The summed E-state index contributed by atoms with van der Waals surface area (Å²) >= 11 is 0. The molecule has 2 aromatic rings. The molecule has 0 radical (unpaired) electrons. The van der Waals surface area contributed by atoms with Crippen molar-refractivity contribution in [1.82, 2.24) is 14.9 Å². The smallest absolute Gasteiger partial charge is 0.269 e. The maximum Gasteiger partial charge on any atom is 0.269 e. The molecule has 1 aliphatic rings. The third-order valence-electron chi connectivity index (χ3n) is 3.78. The van der Waals surface area contributed by atoms with E-state index in [9.17, 15) is 9.18 Å². The Morgan fingerprint density at radius 1 is 1.41 bits per heavy atom. The lowest BCUT2D eigenvalue weighted by atomic mass is 10.0. The van der Waals surface area contributed by atoms with Gasteiger partial charge in [0.05, 0.1) is 19.1 Å². The zero-order valence-corrected chi connectivity index (χ0v) is 12.2. The van der Waals surface area contributed by atoms with Crippen LogP contribution in [0.2, 0.25) is 0 Å². The van der Waals surface area contributed by atoms with Gasteiger partial charge in [0.25, 0.3) is 5.91 Å². The van der Waals surface area contributed by atoms with Crippen LogP contribution in [0, 0.1) is 11.7 Å². The van der Waals surface area contributed by atoms with Gasteiger partial charge in [0.15, 0.2) is 0 Å². The van der Waals surface area contributed by atoms with Gasteiger partial charge < -0.3 is 10.1 Å². The highest BCUT2D eigenvalue weighted by molar-refractivity contribution is 5.93. The van der Waals surface area contributed by atoms with E-state index in [-0.39, 0.29) is 11.7 Å². The van der Waals surface area contributed by atoms with Crippen LogP contribution >= 0.6 is 0 Å². The van der Waals surface area contributed by atoms with Gasteiger partial charge in [-0.15, -0.1) is 0 Å². The van der Waals surface area contributed by atoms with Gasteiger partial charge in [-0.2, -0.15) is 0 Å². The molecule has 0 spiro atoms. The first-order valence-electron chi connectivity index (χ1n) is 7.38. The van der Waals surface area contributed by atoms with Crippen LogP contribution in [0.15, 0.2) is 36.8 Å². The second kappa shape index (κ2) is 6.70. The number of hydrogen-bond donors (Lipinski definition) is 1. The predicted molar refractivity (Wildman–Crippen MR) is 79.4 cm³/mol. The van der Waals surface area contributed by atoms with E-state index in [1.165, 1.54) is 18.3 Å². The summed E-state index contributed by atoms with van der Waals surface area (Å²) in [6.45, 7) is 2.09. The minimum Gasteiger partial charge on any atom is -0.381 e. The van der Waals surface area contributed by atoms with Gasteiger partial charge in [0.2, 0.25) is 0 Å². The molecule has 1 atom stereocenters. The number of ether oxygens (including phenoxy) is 1. The van der Waals surface area contributed by atoms with Crippen LogP contribution in [0.25, 0.3) is 5.69 Å². The van der Waals surface area contributed by atoms with Crippen LogP contribution in [-0.2, 0) is 4.74 Å². The molecule has 2 heterocycles. The van der Waals surface area contributed by atoms with Crippen molar-refractivity contribution in [2.75, 3.05) is 19.8 Å². The molecule has 0 bridgehead atoms. The number of halogens is 1. The molecule has 22 heavy (non-hydrogen) atoms. The lowest BCUT2D eigenvalue weighted by Crippen LogP contribution is -2.34. The molecule has 1 unspecified atom stereocenters. The summed E-state index contributed by atoms with van der Waals surface area (Å²) in [6.07, 6.45) is 5.16. The third-order valence-corrected chi connectivity index (χ3v) is 3.78. The minimum atomic E-state index is -0.313. The molecular formula is C16H18FN3O2. The van der Waals surface area contributed by atoms with Gasteiger partial charge in [0, 0.05) is 18.8 Å². The highest BCUT2D eigenvalue weighted by Crippen LogP contribution is 2.14. The summed E-state index contributed by atoms with van der Waals surface area (Å²) in [5.74, 6) is -0.139. The molecule has 1 aromatic carbocycles. The fraction of sp³-hybridized carbons (Fsp3) is 0.375. The molecule has 3 rings (SSSR count). The van der Waals surface area contributed by atoms with Crippen LogP contribution in [0.5, 0.6) is 0 Å². The Hall–Kier alpha value is -2.21. The van der Waals surface area contributed by atoms with E-state index in [1.54, 1.807) is 23.0 Å². The van der Waals surface area contributed by atoms with Crippen molar-refractivity contribution in [3.05, 3.63) is 48.3 Å². The predicted octanol–water partition coefficient (Wildman–Crippen LogP) is 2.17. The van der Waals surface area contributed by atoms with Gasteiger partial charge in [-0.25, -0.2) is 9.37 Å². The number of nitrogens with zero attached hydrogens (tertiary/aromatic N) is 2. The fourth-order valence-corrected chi connectivity index (χ4v) is 2.57. The molecule has 0 saturated carbocycles. The minimum absolute atomic E-state index is 0.188. The lowest BCUT2D eigenvalue weighted by molar-refractivity contribution is 0.0535.